The van der Waals surface area contributed by atoms with Crippen molar-refractivity contribution in [1.29, 1.82) is 0 Å². The van der Waals surface area contributed by atoms with Gasteiger partial charge < -0.3 is 19.5 Å². The lowest BCUT2D eigenvalue weighted by Crippen LogP contribution is -2.66. The zero-order valence-corrected chi connectivity index (χ0v) is 18.5. The second-order valence-corrected chi connectivity index (χ2v) is 11.1. The van der Waals surface area contributed by atoms with Gasteiger partial charge >= 0.3 is 12.1 Å². The Morgan fingerprint density at radius 1 is 1.19 bits per heavy atom. The summed E-state index contributed by atoms with van der Waals surface area (Å²) in [6.45, 7) is 4.54. The number of carbonyl (C=O) groups excluding carboxylic acids is 3. The van der Waals surface area contributed by atoms with Crippen LogP contribution < -0.4 is 5.32 Å². The number of rotatable bonds is 1. The van der Waals surface area contributed by atoms with Crippen LogP contribution >= 0.6 is 0 Å². The van der Waals surface area contributed by atoms with Crippen LogP contribution in [-0.2, 0) is 23.8 Å². The molecule has 0 aromatic heterocycles. The van der Waals surface area contributed by atoms with Gasteiger partial charge in [-0.25, -0.2) is 4.79 Å². The van der Waals surface area contributed by atoms with Crippen LogP contribution in [-0.4, -0.2) is 48.3 Å². The highest BCUT2D eigenvalue weighted by molar-refractivity contribution is 5.92. The number of hydrogen-bond acceptors (Lipinski definition) is 6. The van der Waals surface area contributed by atoms with Gasteiger partial charge in [0.05, 0.1) is 13.2 Å². The Morgan fingerprint density at radius 2 is 2.00 bits per heavy atom. The molecule has 0 aromatic carbocycles. The number of hydrogen-bond donors (Lipinski definition) is 1. The minimum Gasteiger partial charge on any atom is -0.458 e. The summed E-state index contributed by atoms with van der Waals surface area (Å²) in [4.78, 5) is 36.7. The molecule has 0 radical (unpaired) electrons. The summed E-state index contributed by atoms with van der Waals surface area (Å²) in [6.07, 6.45) is 7.35. The molecule has 8 atom stereocenters. The molecule has 4 aliphatic carbocycles. The predicted molar refractivity (Wildman–Crippen MR) is 109 cm³/mol. The molecule has 7 nitrogen and oxygen atoms in total. The third kappa shape index (κ3) is 2.21. The van der Waals surface area contributed by atoms with Crippen LogP contribution in [0.4, 0.5) is 4.79 Å². The van der Waals surface area contributed by atoms with E-state index in [2.05, 4.69) is 19.2 Å². The van der Waals surface area contributed by atoms with Crippen molar-refractivity contribution in [2.24, 2.45) is 22.7 Å². The van der Waals surface area contributed by atoms with Gasteiger partial charge in [-0.15, -0.1) is 0 Å². The maximum Gasteiger partial charge on any atom is 0.407 e. The second-order valence-electron chi connectivity index (χ2n) is 11.1. The fraction of sp³-hybridized carbons (Fsp3) is 0.792. The van der Waals surface area contributed by atoms with Crippen LogP contribution in [0, 0.1) is 22.7 Å². The average molecular weight is 430 g/mol. The third-order valence-electron chi connectivity index (χ3n) is 10.2. The minimum absolute atomic E-state index is 0.0527. The maximum atomic E-state index is 12.3. The van der Waals surface area contributed by atoms with Gasteiger partial charge in [-0.05, 0) is 50.5 Å². The van der Waals surface area contributed by atoms with Crippen LogP contribution in [0.3, 0.4) is 0 Å². The smallest absolute Gasteiger partial charge is 0.407 e. The fourth-order valence-corrected chi connectivity index (χ4v) is 8.66. The van der Waals surface area contributed by atoms with Gasteiger partial charge in [0.2, 0.25) is 0 Å². The van der Waals surface area contributed by atoms with Crippen molar-refractivity contribution < 1.29 is 28.6 Å². The van der Waals surface area contributed by atoms with E-state index in [1.807, 2.05) is 6.08 Å². The highest BCUT2D eigenvalue weighted by Crippen LogP contribution is 2.77. The van der Waals surface area contributed by atoms with E-state index in [0.717, 1.165) is 37.7 Å². The van der Waals surface area contributed by atoms with Gasteiger partial charge in [0, 0.05) is 35.6 Å². The van der Waals surface area contributed by atoms with Crippen molar-refractivity contribution in [1.82, 2.24) is 5.32 Å². The summed E-state index contributed by atoms with van der Waals surface area (Å²) in [6, 6.07) is -0.167. The number of epoxide rings is 1. The number of methoxy groups -OCH3 is 1. The van der Waals surface area contributed by atoms with E-state index in [-0.39, 0.29) is 52.2 Å². The quantitative estimate of drug-likeness (QED) is 0.509. The largest absolute Gasteiger partial charge is 0.458 e. The van der Waals surface area contributed by atoms with E-state index >= 15 is 0 Å². The summed E-state index contributed by atoms with van der Waals surface area (Å²) >= 11 is 0. The maximum absolute atomic E-state index is 12.3. The Kier molecular flexibility index (Phi) is 3.77. The number of ether oxygens (including phenoxy) is 3. The third-order valence-corrected chi connectivity index (χ3v) is 10.2. The lowest BCUT2D eigenvalue weighted by Gasteiger charge is -2.59. The van der Waals surface area contributed by atoms with Crippen LogP contribution in [0.25, 0.3) is 0 Å². The number of nitrogens with one attached hydrogen (secondary N) is 1. The molecule has 6 rings (SSSR count). The zero-order chi connectivity index (χ0) is 21.8. The normalized spacial score (nSPS) is 51.8. The number of alkyl carbamates (subject to hydrolysis) is 1. The highest BCUT2D eigenvalue weighted by Gasteiger charge is 2.83. The molecular weight excluding hydrogens is 398 g/mol. The van der Waals surface area contributed by atoms with Crippen molar-refractivity contribution in [3.8, 4) is 0 Å². The van der Waals surface area contributed by atoms with E-state index in [4.69, 9.17) is 14.2 Å². The molecule has 3 saturated carbocycles. The monoisotopic (exact) mass is 429 g/mol. The van der Waals surface area contributed by atoms with Crippen molar-refractivity contribution in [3.05, 3.63) is 11.6 Å². The summed E-state index contributed by atoms with van der Waals surface area (Å²) < 4.78 is 17.7. The first-order valence-corrected chi connectivity index (χ1v) is 11.7. The fourth-order valence-electron chi connectivity index (χ4n) is 8.66. The minimum atomic E-state index is -0.448. The lowest BCUT2D eigenvalue weighted by molar-refractivity contribution is -0.165. The van der Waals surface area contributed by atoms with Crippen molar-refractivity contribution in [2.45, 2.75) is 88.6 Å². The molecule has 168 valence electrons. The molecule has 0 bridgehead atoms. The van der Waals surface area contributed by atoms with Gasteiger partial charge in [-0.1, -0.05) is 19.4 Å². The van der Waals surface area contributed by atoms with Crippen LogP contribution in [0.1, 0.15) is 65.2 Å². The zero-order valence-electron chi connectivity index (χ0n) is 18.5. The number of esters is 1. The van der Waals surface area contributed by atoms with Crippen molar-refractivity contribution in [2.75, 3.05) is 7.11 Å². The molecular formula is C24H31NO6. The van der Waals surface area contributed by atoms with E-state index in [1.165, 1.54) is 7.11 Å². The number of ketones is 1. The Morgan fingerprint density at radius 3 is 2.71 bits per heavy atom. The van der Waals surface area contributed by atoms with Crippen molar-refractivity contribution >= 4 is 17.8 Å². The topological polar surface area (TPSA) is 94.2 Å². The SMILES string of the molecule is COC(=O)N[C@@H]1CC2=CC(=O)CC[C@]2(C)[C@@]23O[C@@H]2C[C@@]2(C)C(CC[C@@]24CCC(=O)O4)C13. The molecule has 31 heavy (non-hydrogen) atoms. The Bertz CT molecular complexity index is 929. The summed E-state index contributed by atoms with van der Waals surface area (Å²) in [7, 11) is 1.38. The molecule has 2 saturated heterocycles. The Labute approximate surface area is 182 Å². The first-order chi connectivity index (χ1) is 14.7. The standard InChI is InChI=1S/C24H31NO6/c1-21-7-4-14(26)10-13(21)11-16(25-20(28)29-3)19-15-5-8-23(9-6-18(27)31-23)22(15,2)12-17-24(19,21)30-17/h10,15-17,19H,4-9,11-12H2,1-3H3,(H,25,28)/t15?,16-,17-,19?,21+,22+,23-,24-/m1/s1. The second kappa shape index (κ2) is 5.91. The van der Waals surface area contributed by atoms with Crippen LogP contribution in [0.15, 0.2) is 11.6 Å². The molecule has 2 unspecified atom stereocenters. The highest BCUT2D eigenvalue weighted by atomic mass is 16.6. The van der Waals surface area contributed by atoms with Gasteiger partial charge in [-0.3, -0.25) is 9.59 Å². The summed E-state index contributed by atoms with van der Waals surface area (Å²) in [5.41, 5.74) is -0.0579. The van der Waals surface area contributed by atoms with E-state index in [9.17, 15) is 14.4 Å². The lowest BCUT2D eigenvalue weighted by atomic mass is 9.45. The molecule has 2 heterocycles. The molecule has 2 aliphatic heterocycles. The first kappa shape index (κ1) is 19.8. The number of amides is 1. The molecule has 6 aliphatic rings. The Balaban J connectivity index is 1.46. The molecule has 0 aromatic rings. The van der Waals surface area contributed by atoms with Gasteiger partial charge in [0.25, 0.3) is 0 Å². The number of fused-ring (bicyclic) bond motifs is 4. The first-order valence-electron chi connectivity index (χ1n) is 11.7. The van der Waals surface area contributed by atoms with E-state index in [0.29, 0.717) is 19.3 Å². The average Bonchev–Trinajstić information content (AvgIpc) is 3.21. The molecule has 1 amide bonds. The van der Waals surface area contributed by atoms with Crippen molar-refractivity contribution in [3.63, 3.8) is 0 Å². The molecule has 2 spiro atoms. The molecule has 1 N–H and O–H groups in total. The van der Waals surface area contributed by atoms with Gasteiger partial charge in [0.1, 0.15) is 11.2 Å². The van der Waals surface area contributed by atoms with Gasteiger partial charge in [0.15, 0.2) is 5.78 Å². The summed E-state index contributed by atoms with van der Waals surface area (Å²) in [5, 5.41) is 3.10. The van der Waals surface area contributed by atoms with Crippen LogP contribution in [0.5, 0.6) is 0 Å². The molecule has 5 fully saturated rings. The Hall–Kier alpha value is -1.89. The van der Waals surface area contributed by atoms with Gasteiger partial charge in [-0.2, -0.15) is 0 Å². The van der Waals surface area contributed by atoms with Crippen LogP contribution in [0.2, 0.25) is 0 Å². The predicted octanol–water partition coefficient (Wildman–Crippen LogP) is 3.06. The number of carbonyl (C=O) groups is 3. The molecule has 7 heteroatoms. The van der Waals surface area contributed by atoms with E-state index < -0.39 is 11.7 Å². The van der Waals surface area contributed by atoms with E-state index in [1.54, 1.807) is 0 Å². The summed E-state index contributed by atoms with van der Waals surface area (Å²) in [5.74, 6) is 0.445.